The van der Waals surface area contributed by atoms with Crippen LogP contribution in [0.15, 0.2) is 37.0 Å². The van der Waals surface area contributed by atoms with E-state index in [1.54, 1.807) is 19.9 Å². The molecule has 29 heavy (non-hydrogen) atoms. The Morgan fingerprint density at radius 3 is 2.28 bits per heavy atom. The molecule has 0 aromatic rings. The summed E-state index contributed by atoms with van der Waals surface area (Å²) in [5.41, 5.74) is 0.396. The fourth-order valence-electron chi connectivity index (χ4n) is 2.98. The molecule has 1 rings (SSSR count). The molecule has 1 fully saturated rings. The van der Waals surface area contributed by atoms with Gasteiger partial charge >= 0.3 is 12.0 Å². The molecule has 1 saturated heterocycles. The van der Waals surface area contributed by atoms with Crippen LogP contribution in [0.5, 0.6) is 0 Å². The number of ketones is 1. The molecule has 1 aliphatic rings. The lowest BCUT2D eigenvalue weighted by atomic mass is 9.85. The first kappa shape index (κ1) is 24.7. The molecule has 0 N–H and O–H groups in total. The summed E-state index contributed by atoms with van der Waals surface area (Å²) in [6.07, 6.45) is 10.6. The minimum absolute atomic E-state index is 0.292. The van der Waals surface area contributed by atoms with Crippen LogP contribution in [0.25, 0.3) is 0 Å². The number of Topliss-reactive ketones (excluding diaryl/α,β-unsaturated/α-hetero) is 1. The van der Waals surface area contributed by atoms with Gasteiger partial charge in [-0.05, 0) is 50.5 Å². The first-order valence-corrected chi connectivity index (χ1v) is 10.5. The van der Waals surface area contributed by atoms with Gasteiger partial charge < -0.3 is 4.74 Å². The predicted molar refractivity (Wildman–Crippen MR) is 115 cm³/mol. The molecule has 162 valence electrons. The lowest BCUT2D eigenvalue weighted by molar-refractivity contribution is -0.161. The first-order chi connectivity index (χ1) is 13.8. The van der Waals surface area contributed by atoms with E-state index >= 15 is 0 Å². The van der Waals surface area contributed by atoms with Gasteiger partial charge in [-0.25, -0.2) is 14.8 Å². The second-order valence-corrected chi connectivity index (χ2v) is 7.93. The number of carbonyl (C=O) groups excluding carboxylic acids is 3. The van der Waals surface area contributed by atoms with Crippen molar-refractivity contribution in [2.75, 3.05) is 19.7 Å². The van der Waals surface area contributed by atoms with Crippen molar-refractivity contribution in [1.82, 2.24) is 10.0 Å². The topological polar surface area (TPSA) is 66.9 Å². The molecule has 0 radical (unpaired) electrons. The van der Waals surface area contributed by atoms with Crippen LogP contribution < -0.4 is 0 Å². The van der Waals surface area contributed by atoms with Gasteiger partial charge in [0.1, 0.15) is 0 Å². The van der Waals surface area contributed by atoms with Crippen LogP contribution in [-0.4, -0.2) is 47.5 Å². The maximum Gasteiger partial charge on any atom is 0.428 e. The van der Waals surface area contributed by atoms with E-state index in [2.05, 4.69) is 13.2 Å². The largest absolute Gasteiger partial charge is 0.448 e. The average molecular weight is 405 g/mol. The van der Waals surface area contributed by atoms with Crippen molar-refractivity contribution in [2.45, 2.75) is 65.7 Å². The second-order valence-electron chi connectivity index (χ2n) is 7.93. The molecule has 6 nitrogen and oxygen atoms in total. The maximum absolute atomic E-state index is 12.7. The molecule has 1 heterocycles. The van der Waals surface area contributed by atoms with Crippen molar-refractivity contribution in [2.24, 2.45) is 5.41 Å². The van der Waals surface area contributed by atoms with E-state index in [0.29, 0.717) is 26.1 Å². The lowest BCUT2D eigenvalue weighted by Crippen LogP contribution is -2.56. The number of rotatable bonds is 11. The van der Waals surface area contributed by atoms with Crippen LogP contribution in [0.3, 0.4) is 0 Å². The monoisotopic (exact) mass is 404 g/mol. The highest BCUT2D eigenvalue weighted by atomic mass is 16.6. The summed E-state index contributed by atoms with van der Waals surface area (Å²) in [7, 11) is 0. The predicted octanol–water partition coefficient (Wildman–Crippen LogP) is 4.83. The van der Waals surface area contributed by atoms with Crippen molar-refractivity contribution in [3.8, 4) is 0 Å². The van der Waals surface area contributed by atoms with Crippen molar-refractivity contribution in [1.29, 1.82) is 0 Å². The Morgan fingerprint density at radius 2 is 1.69 bits per heavy atom. The first-order valence-electron chi connectivity index (χ1n) is 10.5. The Balaban J connectivity index is 2.51. The average Bonchev–Trinajstić information content (AvgIpc) is 2.73. The summed E-state index contributed by atoms with van der Waals surface area (Å²) >= 11 is 0. The zero-order chi connectivity index (χ0) is 21.9. The molecular formula is C23H36N2O4. The highest BCUT2D eigenvalue weighted by Gasteiger charge is 2.39. The molecule has 2 amide bonds. The van der Waals surface area contributed by atoms with Gasteiger partial charge in [0.15, 0.2) is 0 Å². The molecule has 0 bridgehead atoms. The van der Waals surface area contributed by atoms with Gasteiger partial charge in [0.25, 0.3) is 0 Å². The standard InChI is InChI=1S/C23H36N2O4/c1-6-14-19(7-2)15-10-9-13-18-29-22(28)25-17-12-11-16-24(25)21(27)20(26)23(4,5)8-3/h6-7,14H,1-2,8-13,15-18H2,3-5H3/b19-14+. The molecule has 1 aliphatic heterocycles. The van der Waals surface area contributed by atoms with Crippen molar-refractivity contribution in [3.05, 3.63) is 37.0 Å². The maximum atomic E-state index is 12.7. The van der Waals surface area contributed by atoms with E-state index in [-0.39, 0.29) is 0 Å². The summed E-state index contributed by atoms with van der Waals surface area (Å²) in [4.78, 5) is 37.7. The molecule has 0 aromatic carbocycles. The molecule has 0 saturated carbocycles. The highest BCUT2D eigenvalue weighted by Crippen LogP contribution is 2.24. The second kappa shape index (κ2) is 12.2. The third kappa shape index (κ3) is 7.52. The van der Waals surface area contributed by atoms with Crippen LogP contribution in [0, 0.1) is 5.41 Å². The van der Waals surface area contributed by atoms with Crippen LogP contribution in [0.4, 0.5) is 4.79 Å². The molecule has 0 spiro atoms. The number of nitrogens with zero attached hydrogens (tertiary/aromatic N) is 2. The van der Waals surface area contributed by atoms with Crippen molar-refractivity contribution < 1.29 is 19.1 Å². The molecule has 0 aliphatic carbocycles. The Hall–Kier alpha value is -2.37. The zero-order valence-corrected chi connectivity index (χ0v) is 18.2. The van der Waals surface area contributed by atoms with Gasteiger partial charge in [-0.2, -0.15) is 0 Å². The molecule has 0 atom stereocenters. The fourth-order valence-corrected chi connectivity index (χ4v) is 2.98. The van der Waals surface area contributed by atoms with Gasteiger partial charge in [-0.3, -0.25) is 9.59 Å². The van der Waals surface area contributed by atoms with Gasteiger partial charge in [-0.15, -0.1) is 0 Å². The molecule has 6 heteroatoms. The number of carbonyl (C=O) groups is 3. The number of hydrogen-bond acceptors (Lipinski definition) is 4. The van der Waals surface area contributed by atoms with Crippen LogP contribution in [0.2, 0.25) is 0 Å². The summed E-state index contributed by atoms with van der Waals surface area (Å²) in [6.45, 7) is 13.9. The Bertz CT molecular complexity index is 637. The zero-order valence-electron chi connectivity index (χ0n) is 18.2. The minimum Gasteiger partial charge on any atom is -0.448 e. The van der Waals surface area contributed by atoms with E-state index in [1.807, 2.05) is 19.1 Å². The van der Waals surface area contributed by atoms with E-state index < -0.39 is 23.2 Å². The third-order valence-corrected chi connectivity index (χ3v) is 5.35. The van der Waals surface area contributed by atoms with Crippen LogP contribution >= 0.6 is 0 Å². The normalized spacial score (nSPS) is 15.1. The quantitative estimate of drug-likeness (QED) is 0.281. The Kier molecular flexibility index (Phi) is 10.4. The number of allylic oxidation sites excluding steroid dienone is 4. The van der Waals surface area contributed by atoms with Gasteiger partial charge in [0.2, 0.25) is 5.78 Å². The van der Waals surface area contributed by atoms with E-state index in [0.717, 1.165) is 44.1 Å². The molecule has 0 unspecified atom stereocenters. The summed E-state index contributed by atoms with van der Waals surface area (Å²) in [5.74, 6) is -1.09. The smallest absolute Gasteiger partial charge is 0.428 e. The number of amides is 2. The third-order valence-electron chi connectivity index (χ3n) is 5.35. The summed E-state index contributed by atoms with van der Waals surface area (Å²) < 4.78 is 5.37. The van der Waals surface area contributed by atoms with E-state index in [9.17, 15) is 14.4 Å². The van der Waals surface area contributed by atoms with Gasteiger partial charge in [0.05, 0.1) is 6.61 Å². The van der Waals surface area contributed by atoms with Gasteiger partial charge in [0, 0.05) is 18.5 Å². The van der Waals surface area contributed by atoms with Gasteiger partial charge in [-0.1, -0.05) is 52.2 Å². The van der Waals surface area contributed by atoms with Crippen molar-refractivity contribution >= 4 is 17.8 Å². The molecular weight excluding hydrogens is 368 g/mol. The highest BCUT2D eigenvalue weighted by molar-refractivity contribution is 6.37. The summed E-state index contributed by atoms with van der Waals surface area (Å²) in [6, 6.07) is 0. The van der Waals surface area contributed by atoms with Crippen LogP contribution in [0.1, 0.15) is 65.7 Å². The SMILES string of the molecule is C=C/C=C(\C=C)CCCCCOC(=O)N1CCCCN1C(=O)C(=O)C(C)(C)CC. The Morgan fingerprint density at radius 1 is 1.03 bits per heavy atom. The molecule has 0 aromatic heterocycles. The summed E-state index contributed by atoms with van der Waals surface area (Å²) in [5, 5.41) is 2.56. The number of hydrogen-bond donors (Lipinski definition) is 0. The number of ether oxygens (including phenoxy) is 1. The minimum atomic E-state index is -0.742. The van der Waals surface area contributed by atoms with E-state index in [4.69, 9.17) is 4.74 Å². The lowest BCUT2D eigenvalue weighted by Gasteiger charge is -2.38. The number of unbranched alkanes of at least 4 members (excludes halogenated alkanes) is 2. The number of hydrazine groups is 1. The fraction of sp³-hybridized carbons (Fsp3) is 0.609. The van der Waals surface area contributed by atoms with Crippen LogP contribution in [-0.2, 0) is 14.3 Å². The van der Waals surface area contributed by atoms with E-state index in [1.165, 1.54) is 10.0 Å². The van der Waals surface area contributed by atoms with Crippen molar-refractivity contribution in [3.63, 3.8) is 0 Å². The Labute approximate surface area is 175 Å².